The Balaban J connectivity index is 2.26. The van der Waals surface area contributed by atoms with Crippen LogP contribution in [0, 0.1) is 25.2 Å². The van der Waals surface area contributed by atoms with Gasteiger partial charge >= 0.3 is 0 Å². The average molecular weight is 277 g/mol. The first-order chi connectivity index (χ1) is 8.87. The molecule has 0 bridgehead atoms. The molecule has 0 radical (unpaired) electrons. The van der Waals surface area contributed by atoms with Crippen LogP contribution >= 0.6 is 0 Å². The summed E-state index contributed by atoms with van der Waals surface area (Å²) in [6, 6.07) is 6.56. The second-order valence-corrected chi connectivity index (χ2v) is 7.30. The van der Waals surface area contributed by atoms with Crippen LogP contribution in [0.4, 0.5) is 0 Å². The normalized spacial score (nSPS) is 26.2. The van der Waals surface area contributed by atoms with Gasteiger partial charge in [0.15, 0.2) is 0 Å². The molecule has 1 aliphatic rings. The lowest BCUT2D eigenvalue weighted by molar-refractivity contribution is 0.515. The molecule has 1 fully saturated rings. The molecule has 1 aromatic rings. The summed E-state index contributed by atoms with van der Waals surface area (Å²) in [6.45, 7) is 6.07. The van der Waals surface area contributed by atoms with E-state index >= 15 is 0 Å². The molecule has 0 aromatic heterocycles. The van der Waals surface area contributed by atoms with Crippen LogP contribution in [0.2, 0.25) is 0 Å². The smallest absolute Gasteiger partial charge is 0.207 e. The first kappa shape index (κ1) is 14.1. The fourth-order valence-corrected chi connectivity index (χ4v) is 4.04. The van der Waals surface area contributed by atoms with Crippen molar-refractivity contribution >= 4 is 10.0 Å². The third-order valence-corrected chi connectivity index (χ3v) is 5.28. The topological polar surface area (TPSA) is 37.1 Å². The Morgan fingerprint density at radius 2 is 1.89 bits per heavy atom. The average Bonchev–Trinajstić information content (AvgIpc) is 3.02. The summed E-state index contributed by atoms with van der Waals surface area (Å²) in [4.78, 5) is 0.324. The third kappa shape index (κ3) is 2.68. The summed E-state index contributed by atoms with van der Waals surface area (Å²) >= 11 is 0. The van der Waals surface area contributed by atoms with Gasteiger partial charge in [-0.1, -0.05) is 37.5 Å². The first-order valence-corrected chi connectivity index (χ1v) is 7.88. The predicted molar refractivity (Wildman–Crippen MR) is 76.1 cm³/mol. The largest absolute Gasteiger partial charge is 0.244 e. The highest BCUT2D eigenvalue weighted by molar-refractivity contribution is 7.89. The summed E-state index contributed by atoms with van der Waals surface area (Å²) in [5.74, 6) is 3.01. The van der Waals surface area contributed by atoms with Crippen molar-refractivity contribution in [2.24, 2.45) is 5.92 Å². The number of hydrogen-bond acceptors (Lipinski definition) is 2. The molecule has 1 saturated heterocycles. The van der Waals surface area contributed by atoms with Gasteiger partial charge in [0.25, 0.3) is 0 Å². The van der Waals surface area contributed by atoms with Crippen molar-refractivity contribution in [1.29, 1.82) is 0 Å². The van der Waals surface area contributed by atoms with Crippen molar-refractivity contribution in [1.82, 2.24) is 4.31 Å². The Kier molecular flexibility index (Phi) is 3.71. The quantitative estimate of drug-likeness (QED) is 0.626. The van der Waals surface area contributed by atoms with E-state index in [0.29, 0.717) is 10.8 Å². The second kappa shape index (κ2) is 4.99. The molecule has 0 amide bonds. The molecule has 2 rings (SSSR count). The molecule has 1 heterocycles. The number of rotatable bonds is 4. The predicted octanol–water partition coefficient (Wildman–Crippen LogP) is 2.42. The van der Waals surface area contributed by atoms with E-state index in [1.165, 1.54) is 4.31 Å². The van der Waals surface area contributed by atoms with E-state index in [9.17, 15) is 8.42 Å². The summed E-state index contributed by atoms with van der Waals surface area (Å²) in [6.07, 6.45) is 6.24. The fraction of sp³-hybridized carbons (Fsp3) is 0.467. The summed E-state index contributed by atoms with van der Waals surface area (Å²) in [7, 11) is -3.45. The Morgan fingerprint density at radius 3 is 2.37 bits per heavy atom. The van der Waals surface area contributed by atoms with Crippen LogP contribution in [0.5, 0.6) is 0 Å². The Hall–Kier alpha value is -1.31. The van der Waals surface area contributed by atoms with Gasteiger partial charge in [-0.3, -0.25) is 0 Å². The zero-order valence-corrected chi connectivity index (χ0v) is 12.3. The Bertz CT molecular complexity index is 596. The van der Waals surface area contributed by atoms with Gasteiger partial charge in [0.1, 0.15) is 6.04 Å². The van der Waals surface area contributed by atoms with Crippen molar-refractivity contribution < 1.29 is 8.42 Å². The lowest BCUT2D eigenvalue weighted by Crippen LogP contribution is -2.16. The Labute approximate surface area is 115 Å². The van der Waals surface area contributed by atoms with Crippen LogP contribution in [0.3, 0.4) is 0 Å². The van der Waals surface area contributed by atoms with Gasteiger partial charge in [0.2, 0.25) is 10.0 Å². The zero-order chi connectivity index (χ0) is 14.2. The fourth-order valence-electron chi connectivity index (χ4n) is 2.32. The number of hydrogen-bond donors (Lipinski definition) is 0. The molecule has 0 N–H and O–H groups in total. The van der Waals surface area contributed by atoms with Crippen LogP contribution < -0.4 is 0 Å². The molecule has 1 aromatic carbocycles. The van der Waals surface area contributed by atoms with Crippen LogP contribution in [-0.4, -0.2) is 24.8 Å². The third-order valence-electron chi connectivity index (χ3n) is 3.36. The van der Waals surface area contributed by atoms with Crippen molar-refractivity contribution in [3.63, 3.8) is 0 Å². The van der Waals surface area contributed by atoms with Crippen molar-refractivity contribution in [2.75, 3.05) is 0 Å². The lowest BCUT2D eigenvalue weighted by atomic mass is 10.1. The van der Waals surface area contributed by atoms with Gasteiger partial charge in [-0.2, -0.15) is 4.31 Å². The monoisotopic (exact) mass is 277 g/mol. The molecule has 0 spiro atoms. The van der Waals surface area contributed by atoms with Gasteiger partial charge in [0.05, 0.1) is 10.9 Å². The maximum absolute atomic E-state index is 12.5. The van der Waals surface area contributed by atoms with E-state index in [0.717, 1.165) is 12.0 Å². The molecular formula is C15H19NO2S. The van der Waals surface area contributed by atoms with Crippen molar-refractivity contribution in [3.05, 3.63) is 29.8 Å². The van der Waals surface area contributed by atoms with Crippen LogP contribution in [0.15, 0.2) is 29.2 Å². The Morgan fingerprint density at radius 1 is 1.32 bits per heavy atom. The molecular weight excluding hydrogens is 258 g/mol. The van der Waals surface area contributed by atoms with E-state index in [2.05, 4.69) is 19.8 Å². The molecule has 1 unspecified atom stereocenters. The highest BCUT2D eigenvalue weighted by atomic mass is 32.2. The highest BCUT2D eigenvalue weighted by Crippen LogP contribution is 2.39. The SMILES string of the molecule is C#C[C@@H]1[C@H](CC(C)C)N1S(=O)(=O)c1ccc(C)cc1. The first-order valence-electron chi connectivity index (χ1n) is 6.44. The molecule has 0 saturated carbocycles. The number of sulfonamides is 1. The van der Waals surface area contributed by atoms with Crippen LogP contribution in [-0.2, 0) is 10.0 Å². The van der Waals surface area contributed by atoms with E-state index < -0.39 is 10.0 Å². The molecule has 3 nitrogen and oxygen atoms in total. The second-order valence-electron chi connectivity index (χ2n) is 5.46. The molecule has 1 aliphatic heterocycles. The van der Waals surface area contributed by atoms with Crippen LogP contribution in [0.1, 0.15) is 25.8 Å². The molecule has 4 heteroatoms. The maximum atomic E-state index is 12.5. The minimum absolute atomic E-state index is 0.0451. The van der Waals surface area contributed by atoms with Crippen molar-refractivity contribution in [3.8, 4) is 12.3 Å². The number of benzene rings is 1. The standard InChI is InChI=1S/C15H19NO2S/c1-5-14-15(10-11(2)3)16(14)19(17,18)13-8-6-12(4)7-9-13/h1,6-9,11,14-15H,10H2,2-4H3/t14-,15+,16?/m1/s1. The van der Waals surface area contributed by atoms with Gasteiger partial charge in [-0.25, -0.2) is 8.42 Å². The minimum atomic E-state index is -3.45. The van der Waals surface area contributed by atoms with Gasteiger partial charge in [-0.15, -0.1) is 6.42 Å². The van der Waals surface area contributed by atoms with Gasteiger partial charge < -0.3 is 0 Å². The number of nitrogens with zero attached hydrogens (tertiary/aromatic N) is 1. The van der Waals surface area contributed by atoms with Crippen molar-refractivity contribution in [2.45, 2.75) is 44.2 Å². The number of aryl methyl sites for hydroxylation is 1. The summed E-state index contributed by atoms with van der Waals surface area (Å²) in [5, 5.41) is 0. The molecule has 3 atom stereocenters. The highest BCUT2D eigenvalue weighted by Gasteiger charge is 2.54. The zero-order valence-electron chi connectivity index (χ0n) is 11.5. The number of terminal acetylenes is 1. The maximum Gasteiger partial charge on any atom is 0.244 e. The lowest BCUT2D eigenvalue weighted by Gasteiger charge is -2.07. The van der Waals surface area contributed by atoms with Gasteiger partial charge in [0, 0.05) is 0 Å². The summed E-state index contributed by atoms with van der Waals surface area (Å²) < 4.78 is 26.5. The minimum Gasteiger partial charge on any atom is -0.207 e. The molecule has 102 valence electrons. The van der Waals surface area contributed by atoms with Crippen LogP contribution in [0.25, 0.3) is 0 Å². The van der Waals surface area contributed by atoms with E-state index in [1.807, 2.05) is 6.92 Å². The van der Waals surface area contributed by atoms with E-state index in [4.69, 9.17) is 6.42 Å². The summed E-state index contributed by atoms with van der Waals surface area (Å²) in [5.41, 5.74) is 1.04. The van der Waals surface area contributed by atoms with E-state index in [-0.39, 0.29) is 12.1 Å². The molecule has 19 heavy (non-hydrogen) atoms. The molecule has 0 aliphatic carbocycles. The van der Waals surface area contributed by atoms with Gasteiger partial charge in [-0.05, 0) is 31.4 Å². The van der Waals surface area contributed by atoms with E-state index in [1.54, 1.807) is 24.3 Å².